The summed E-state index contributed by atoms with van der Waals surface area (Å²) in [4.78, 5) is 25.7. The number of aliphatic hydroxyl groups is 1. The minimum absolute atomic E-state index is 0.0131. The molecule has 1 aliphatic rings. The molecule has 0 fully saturated rings. The number of nitrogens with one attached hydrogen (secondary N) is 1. The third kappa shape index (κ3) is 3.45. The van der Waals surface area contributed by atoms with Crippen molar-refractivity contribution in [3.05, 3.63) is 11.6 Å². The lowest BCUT2D eigenvalue weighted by Gasteiger charge is -2.31. The first-order valence-electron chi connectivity index (χ1n) is 5.29. The predicted octanol–water partition coefficient (Wildman–Crippen LogP) is -2.09. The molecular weight excluding hydrogens is 240 g/mol. The fourth-order valence-corrected chi connectivity index (χ4v) is 1.82. The number of hydrogen-bond donors (Lipinski definition) is 5. The Morgan fingerprint density at radius 2 is 2.11 bits per heavy atom. The Kier molecular flexibility index (Phi) is 4.27. The van der Waals surface area contributed by atoms with Gasteiger partial charge >= 0.3 is 5.97 Å². The average molecular weight is 256 g/mol. The van der Waals surface area contributed by atoms with E-state index in [0.29, 0.717) is 0 Å². The maximum Gasteiger partial charge on any atom is 0.331 e. The number of aliphatic imine (C=N–C) groups is 1. The van der Waals surface area contributed by atoms with Gasteiger partial charge in [0.15, 0.2) is 5.96 Å². The lowest BCUT2D eigenvalue weighted by molar-refractivity contribution is -0.133. The Morgan fingerprint density at radius 1 is 1.50 bits per heavy atom. The highest BCUT2D eigenvalue weighted by Crippen LogP contribution is 2.22. The molecule has 1 rings (SSSR count). The molecule has 0 aromatic rings. The van der Waals surface area contributed by atoms with Crippen LogP contribution in [0.15, 0.2) is 16.6 Å². The van der Waals surface area contributed by atoms with Gasteiger partial charge in [-0.3, -0.25) is 4.79 Å². The Bertz CT molecular complexity index is 414. The zero-order valence-electron chi connectivity index (χ0n) is 9.83. The molecule has 3 unspecified atom stereocenters. The monoisotopic (exact) mass is 256 g/mol. The third-order valence-electron chi connectivity index (χ3n) is 2.53. The maximum atomic E-state index is 11.0. The van der Waals surface area contributed by atoms with E-state index >= 15 is 0 Å². The van der Waals surface area contributed by atoms with Crippen molar-refractivity contribution in [1.29, 1.82) is 0 Å². The molecule has 0 aliphatic heterocycles. The summed E-state index contributed by atoms with van der Waals surface area (Å²) in [5.41, 5.74) is 10.5. The minimum Gasteiger partial charge on any atom is -0.478 e. The van der Waals surface area contributed by atoms with Crippen LogP contribution in [0.1, 0.15) is 13.3 Å². The molecule has 7 N–H and O–H groups in total. The molecule has 0 heterocycles. The van der Waals surface area contributed by atoms with Crippen LogP contribution in [-0.2, 0) is 9.59 Å². The zero-order chi connectivity index (χ0) is 13.9. The Labute approximate surface area is 103 Å². The molecule has 0 aromatic heterocycles. The van der Waals surface area contributed by atoms with Crippen molar-refractivity contribution in [1.82, 2.24) is 5.32 Å². The first-order chi connectivity index (χ1) is 8.31. The number of carboxylic acid groups (broad SMARTS) is 1. The SMILES string of the molecule is CC(=O)NC1C(O)CC(C(=O)O)=CC1N=C(N)N. The van der Waals surface area contributed by atoms with Crippen LogP contribution in [0.4, 0.5) is 0 Å². The van der Waals surface area contributed by atoms with E-state index in [2.05, 4.69) is 10.3 Å². The van der Waals surface area contributed by atoms with Gasteiger partial charge in [0.05, 0.1) is 18.2 Å². The first-order valence-corrected chi connectivity index (χ1v) is 5.29. The van der Waals surface area contributed by atoms with Crippen LogP contribution in [0.25, 0.3) is 0 Å². The fraction of sp³-hybridized carbons (Fsp3) is 0.500. The number of hydrogen-bond acceptors (Lipinski definition) is 4. The number of aliphatic carboxylic acids is 1. The fourth-order valence-electron chi connectivity index (χ4n) is 1.82. The first kappa shape index (κ1) is 14.0. The molecule has 100 valence electrons. The second-order valence-corrected chi connectivity index (χ2v) is 4.04. The van der Waals surface area contributed by atoms with Crippen LogP contribution in [0, 0.1) is 0 Å². The van der Waals surface area contributed by atoms with Crippen molar-refractivity contribution in [2.24, 2.45) is 16.5 Å². The normalized spacial score (nSPS) is 27.0. The number of rotatable bonds is 3. The topological polar surface area (TPSA) is 151 Å². The van der Waals surface area contributed by atoms with Gasteiger partial charge in [-0.25, -0.2) is 9.79 Å². The summed E-state index contributed by atoms with van der Waals surface area (Å²) in [6.07, 6.45) is 0.199. The molecule has 8 nitrogen and oxygen atoms in total. The Balaban J connectivity index is 3.06. The van der Waals surface area contributed by atoms with Crippen LogP contribution in [-0.4, -0.2) is 46.2 Å². The second-order valence-electron chi connectivity index (χ2n) is 4.04. The zero-order valence-corrected chi connectivity index (χ0v) is 9.83. The van der Waals surface area contributed by atoms with Gasteiger partial charge in [0, 0.05) is 18.9 Å². The highest BCUT2D eigenvalue weighted by molar-refractivity contribution is 5.87. The van der Waals surface area contributed by atoms with Gasteiger partial charge in [0.2, 0.25) is 5.91 Å². The van der Waals surface area contributed by atoms with Gasteiger partial charge in [0.1, 0.15) is 0 Å². The van der Waals surface area contributed by atoms with Gasteiger partial charge in [-0.2, -0.15) is 0 Å². The summed E-state index contributed by atoms with van der Waals surface area (Å²) in [7, 11) is 0. The van der Waals surface area contributed by atoms with E-state index in [1.54, 1.807) is 0 Å². The number of carbonyl (C=O) groups is 2. The standard InChI is InChI=1S/C10H16N4O4/c1-4(15)13-8-6(14-10(11)12)2-5(9(17)18)3-7(8)16/h2,6-8,16H,3H2,1H3,(H,13,15)(H,17,18)(H4,11,12,14). The summed E-state index contributed by atoms with van der Waals surface area (Å²) in [5, 5.41) is 21.3. The van der Waals surface area contributed by atoms with Gasteiger partial charge in [-0.15, -0.1) is 0 Å². The van der Waals surface area contributed by atoms with E-state index in [-0.39, 0.29) is 23.9 Å². The summed E-state index contributed by atoms with van der Waals surface area (Å²) in [6.45, 7) is 1.29. The Hall–Kier alpha value is -2.09. The van der Waals surface area contributed by atoms with Crippen molar-refractivity contribution < 1.29 is 19.8 Å². The number of carboxylic acids is 1. The third-order valence-corrected chi connectivity index (χ3v) is 2.53. The van der Waals surface area contributed by atoms with Crippen molar-refractivity contribution >= 4 is 17.8 Å². The molecule has 18 heavy (non-hydrogen) atoms. The quantitative estimate of drug-likeness (QED) is 0.288. The summed E-state index contributed by atoms with van der Waals surface area (Å²) in [5.74, 6) is -1.75. The molecule has 0 aromatic carbocycles. The number of guanidine groups is 1. The smallest absolute Gasteiger partial charge is 0.331 e. The molecule has 0 bridgehead atoms. The van der Waals surface area contributed by atoms with Crippen LogP contribution < -0.4 is 16.8 Å². The molecular formula is C10H16N4O4. The highest BCUT2D eigenvalue weighted by Gasteiger charge is 2.34. The summed E-state index contributed by atoms with van der Waals surface area (Å²) < 4.78 is 0. The lowest BCUT2D eigenvalue weighted by Crippen LogP contribution is -2.52. The van der Waals surface area contributed by atoms with Crippen molar-refractivity contribution in [3.63, 3.8) is 0 Å². The molecule has 0 saturated carbocycles. The number of carbonyl (C=O) groups excluding carboxylic acids is 1. The van der Waals surface area contributed by atoms with Crippen molar-refractivity contribution in [2.45, 2.75) is 31.5 Å². The lowest BCUT2D eigenvalue weighted by atomic mass is 9.88. The number of nitrogens with two attached hydrogens (primary N) is 2. The van der Waals surface area contributed by atoms with E-state index in [0.717, 1.165) is 0 Å². The average Bonchev–Trinajstić information content (AvgIpc) is 2.21. The van der Waals surface area contributed by atoms with Crippen molar-refractivity contribution in [2.75, 3.05) is 0 Å². The molecule has 0 spiro atoms. The summed E-state index contributed by atoms with van der Waals surface area (Å²) in [6, 6.07) is -1.54. The molecule has 0 radical (unpaired) electrons. The second kappa shape index (κ2) is 5.50. The van der Waals surface area contributed by atoms with Gasteiger partial charge in [-0.05, 0) is 6.08 Å². The van der Waals surface area contributed by atoms with Crippen LogP contribution >= 0.6 is 0 Å². The Morgan fingerprint density at radius 3 is 2.56 bits per heavy atom. The van der Waals surface area contributed by atoms with Gasteiger partial charge in [0.25, 0.3) is 0 Å². The number of nitrogens with zero attached hydrogens (tertiary/aromatic N) is 1. The van der Waals surface area contributed by atoms with E-state index in [1.165, 1.54) is 13.0 Å². The summed E-state index contributed by atoms with van der Waals surface area (Å²) >= 11 is 0. The highest BCUT2D eigenvalue weighted by atomic mass is 16.4. The van der Waals surface area contributed by atoms with E-state index in [1.807, 2.05) is 0 Å². The minimum atomic E-state index is -1.15. The van der Waals surface area contributed by atoms with Crippen molar-refractivity contribution in [3.8, 4) is 0 Å². The number of aliphatic hydroxyl groups excluding tert-OH is 1. The van der Waals surface area contributed by atoms with Crippen LogP contribution in [0.3, 0.4) is 0 Å². The number of amides is 1. The largest absolute Gasteiger partial charge is 0.478 e. The van der Waals surface area contributed by atoms with E-state index in [9.17, 15) is 14.7 Å². The van der Waals surface area contributed by atoms with Gasteiger partial charge in [-0.1, -0.05) is 0 Å². The molecule has 1 amide bonds. The molecule has 8 heteroatoms. The molecule has 0 saturated heterocycles. The maximum absolute atomic E-state index is 11.0. The van der Waals surface area contributed by atoms with E-state index in [4.69, 9.17) is 16.6 Å². The van der Waals surface area contributed by atoms with Crippen LogP contribution in [0.5, 0.6) is 0 Å². The van der Waals surface area contributed by atoms with Gasteiger partial charge < -0.3 is 27.0 Å². The molecule has 1 aliphatic carbocycles. The van der Waals surface area contributed by atoms with Crippen LogP contribution in [0.2, 0.25) is 0 Å². The molecule has 3 atom stereocenters. The van der Waals surface area contributed by atoms with E-state index < -0.39 is 24.2 Å². The predicted molar refractivity (Wildman–Crippen MR) is 63.5 cm³/mol.